The van der Waals surface area contributed by atoms with Gasteiger partial charge in [0.25, 0.3) is 0 Å². The number of ether oxygens (including phenoxy) is 4. The molecule has 0 aromatic heterocycles. The van der Waals surface area contributed by atoms with Crippen LogP contribution in [0.1, 0.15) is 41.4 Å². The van der Waals surface area contributed by atoms with Crippen LogP contribution < -0.4 is 0 Å². The van der Waals surface area contributed by atoms with E-state index in [9.17, 15) is 24.0 Å². The van der Waals surface area contributed by atoms with Gasteiger partial charge in [-0.15, -0.1) is 0 Å². The number of carbonyl (C=O) groups is 5. The van der Waals surface area contributed by atoms with E-state index in [4.69, 9.17) is 9.47 Å². The lowest BCUT2D eigenvalue weighted by molar-refractivity contribution is -0.125. The molecule has 2 aromatic carbocycles. The summed E-state index contributed by atoms with van der Waals surface area (Å²) in [6.07, 6.45) is 0. The fourth-order valence-electron chi connectivity index (χ4n) is 2.22. The number of esters is 4. The molecule has 0 unspecified atom stereocenters. The van der Waals surface area contributed by atoms with E-state index in [1.54, 1.807) is 0 Å². The minimum atomic E-state index is -0.774. The number of carbonyl (C=O) groups excluding carboxylic acids is 5. The highest BCUT2D eigenvalue weighted by Gasteiger charge is 2.15. The van der Waals surface area contributed by atoms with Crippen LogP contribution in [0.4, 0.5) is 0 Å². The van der Waals surface area contributed by atoms with Crippen LogP contribution in [0.2, 0.25) is 0 Å². The van der Waals surface area contributed by atoms with Gasteiger partial charge in [-0.1, -0.05) is 0 Å². The fraction of sp³-hybridized carbons (Fsp3) is 0.190. The third-order valence-electron chi connectivity index (χ3n) is 3.81. The average molecular weight is 414 g/mol. The van der Waals surface area contributed by atoms with Crippen LogP contribution >= 0.6 is 0 Å². The lowest BCUT2D eigenvalue weighted by Gasteiger charge is -2.07. The first kappa shape index (κ1) is 22.3. The number of hydrogen-bond donors (Lipinski definition) is 0. The Morgan fingerprint density at radius 3 is 1.07 bits per heavy atom. The molecule has 9 nitrogen and oxygen atoms in total. The van der Waals surface area contributed by atoms with Crippen LogP contribution in [0.15, 0.2) is 48.5 Å². The molecule has 0 saturated carbocycles. The second-order valence-electron chi connectivity index (χ2n) is 5.83. The molecule has 0 aliphatic rings. The number of Topliss-reactive ketones (excluding diaryl/α,β-unsaturated/α-hetero) is 1. The molecule has 0 spiro atoms. The van der Waals surface area contributed by atoms with Gasteiger partial charge < -0.3 is 18.9 Å². The van der Waals surface area contributed by atoms with Gasteiger partial charge in [0.1, 0.15) is 0 Å². The summed E-state index contributed by atoms with van der Waals surface area (Å²) < 4.78 is 18.8. The van der Waals surface area contributed by atoms with Gasteiger partial charge in [0.15, 0.2) is 13.2 Å². The molecule has 0 N–H and O–H groups in total. The number of rotatable bonds is 8. The van der Waals surface area contributed by atoms with Gasteiger partial charge in [0.2, 0.25) is 5.78 Å². The zero-order chi connectivity index (χ0) is 22.1. The molecule has 2 rings (SSSR count). The summed E-state index contributed by atoms with van der Waals surface area (Å²) in [5.74, 6) is -3.28. The zero-order valence-electron chi connectivity index (χ0n) is 16.2. The molecule has 0 heterocycles. The van der Waals surface area contributed by atoms with Crippen molar-refractivity contribution in [1.29, 1.82) is 0 Å². The first-order valence-electron chi connectivity index (χ1n) is 8.58. The summed E-state index contributed by atoms with van der Waals surface area (Å²) in [6.45, 7) is -1.18. The van der Waals surface area contributed by atoms with Crippen molar-refractivity contribution in [3.05, 3.63) is 70.8 Å². The highest BCUT2D eigenvalue weighted by molar-refractivity contribution is 5.96. The smallest absolute Gasteiger partial charge is 0.338 e. The summed E-state index contributed by atoms with van der Waals surface area (Å²) >= 11 is 0. The second kappa shape index (κ2) is 10.5. The van der Waals surface area contributed by atoms with Gasteiger partial charge in [0.05, 0.1) is 36.5 Å². The van der Waals surface area contributed by atoms with Crippen LogP contribution in [0, 0.1) is 0 Å². The quantitative estimate of drug-likeness (QED) is 0.470. The summed E-state index contributed by atoms with van der Waals surface area (Å²) in [4.78, 5) is 58.4. The van der Waals surface area contributed by atoms with Gasteiger partial charge in [-0.2, -0.15) is 0 Å². The van der Waals surface area contributed by atoms with Crippen LogP contribution in [0.3, 0.4) is 0 Å². The zero-order valence-corrected chi connectivity index (χ0v) is 16.2. The Morgan fingerprint density at radius 1 is 0.533 bits per heavy atom. The van der Waals surface area contributed by atoms with Crippen molar-refractivity contribution in [3.8, 4) is 0 Å². The van der Waals surface area contributed by atoms with E-state index in [1.807, 2.05) is 0 Å². The van der Waals surface area contributed by atoms with Gasteiger partial charge in [-0.05, 0) is 48.5 Å². The monoisotopic (exact) mass is 414 g/mol. The minimum Gasteiger partial charge on any atom is -0.465 e. The van der Waals surface area contributed by atoms with Crippen LogP contribution in [0.25, 0.3) is 0 Å². The Kier molecular flexibility index (Phi) is 7.81. The number of ketones is 1. The standard InChI is InChI=1S/C21H18O9/c1-27-18(23)13-3-7-15(8-4-13)20(25)29-11-17(22)12-30-21(26)16-9-5-14(6-10-16)19(24)28-2/h3-10H,11-12H2,1-2H3. The van der Waals surface area contributed by atoms with Crippen molar-refractivity contribution >= 4 is 29.7 Å². The topological polar surface area (TPSA) is 122 Å². The van der Waals surface area contributed by atoms with Gasteiger partial charge in [0, 0.05) is 0 Å². The molecule has 0 amide bonds. The SMILES string of the molecule is COC(=O)c1ccc(C(=O)OCC(=O)COC(=O)c2ccc(C(=O)OC)cc2)cc1. The molecule has 0 atom stereocenters. The number of hydrogen-bond acceptors (Lipinski definition) is 9. The van der Waals surface area contributed by atoms with E-state index in [2.05, 4.69) is 9.47 Å². The van der Waals surface area contributed by atoms with E-state index in [0.717, 1.165) is 0 Å². The Hall–Kier alpha value is -4.01. The van der Waals surface area contributed by atoms with Crippen LogP contribution in [0.5, 0.6) is 0 Å². The maximum absolute atomic E-state index is 11.9. The van der Waals surface area contributed by atoms with E-state index in [0.29, 0.717) is 0 Å². The molecule has 0 radical (unpaired) electrons. The van der Waals surface area contributed by atoms with Gasteiger partial charge >= 0.3 is 23.9 Å². The molecule has 2 aromatic rings. The maximum Gasteiger partial charge on any atom is 0.338 e. The van der Waals surface area contributed by atoms with Crippen molar-refractivity contribution in [1.82, 2.24) is 0 Å². The predicted octanol–water partition coefficient (Wildman–Crippen LogP) is 1.84. The van der Waals surface area contributed by atoms with Crippen molar-refractivity contribution in [3.63, 3.8) is 0 Å². The average Bonchev–Trinajstić information content (AvgIpc) is 2.80. The Balaban J connectivity index is 1.80. The van der Waals surface area contributed by atoms with Crippen LogP contribution in [-0.2, 0) is 23.7 Å². The van der Waals surface area contributed by atoms with Crippen LogP contribution in [-0.4, -0.2) is 57.1 Å². The molecule has 156 valence electrons. The lowest BCUT2D eigenvalue weighted by Crippen LogP contribution is -2.20. The Morgan fingerprint density at radius 2 is 0.800 bits per heavy atom. The summed E-state index contributed by atoms with van der Waals surface area (Å²) in [5.41, 5.74) is 0.796. The second-order valence-corrected chi connectivity index (χ2v) is 5.83. The van der Waals surface area contributed by atoms with E-state index in [1.165, 1.54) is 62.8 Å². The summed E-state index contributed by atoms with van der Waals surface area (Å²) in [5, 5.41) is 0. The molecular formula is C21H18O9. The highest BCUT2D eigenvalue weighted by atomic mass is 16.6. The van der Waals surface area contributed by atoms with Crippen molar-refractivity contribution < 1.29 is 42.9 Å². The third kappa shape index (κ3) is 5.99. The summed E-state index contributed by atoms with van der Waals surface area (Å²) in [6, 6.07) is 11.0. The largest absolute Gasteiger partial charge is 0.465 e. The first-order valence-corrected chi connectivity index (χ1v) is 8.58. The molecule has 0 aliphatic heterocycles. The molecule has 9 heteroatoms. The highest BCUT2D eigenvalue weighted by Crippen LogP contribution is 2.09. The van der Waals surface area contributed by atoms with Crippen molar-refractivity contribution in [2.45, 2.75) is 0 Å². The predicted molar refractivity (Wildman–Crippen MR) is 101 cm³/mol. The Labute approximate surface area is 171 Å². The molecule has 0 saturated heterocycles. The van der Waals surface area contributed by atoms with Crippen molar-refractivity contribution in [2.75, 3.05) is 27.4 Å². The normalized spacial score (nSPS) is 9.93. The first-order chi connectivity index (χ1) is 14.3. The number of benzene rings is 2. The van der Waals surface area contributed by atoms with Crippen molar-refractivity contribution in [2.24, 2.45) is 0 Å². The maximum atomic E-state index is 11.9. The van der Waals surface area contributed by atoms with Gasteiger partial charge in [-0.3, -0.25) is 4.79 Å². The minimum absolute atomic E-state index is 0.137. The molecule has 30 heavy (non-hydrogen) atoms. The lowest BCUT2D eigenvalue weighted by atomic mass is 10.1. The summed E-state index contributed by atoms with van der Waals surface area (Å²) in [7, 11) is 2.47. The molecule has 0 fully saturated rings. The third-order valence-corrected chi connectivity index (χ3v) is 3.81. The molecular weight excluding hydrogens is 396 g/mol. The van der Waals surface area contributed by atoms with E-state index < -0.39 is 42.9 Å². The number of methoxy groups -OCH3 is 2. The molecule has 0 aliphatic carbocycles. The molecule has 0 bridgehead atoms. The van der Waals surface area contributed by atoms with E-state index in [-0.39, 0.29) is 22.3 Å². The van der Waals surface area contributed by atoms with E-state index >= 15 is 0 Å². The fourth-order valence-corrected chi connectivity index (χ4v) is 2.22. The van der Waals surface area contributed by atoms with Gasteiger partial charge in [-0.25, -0.2) is 19.2 Å². The Bertz CT molecular complexity index is 866.